The van der Waals surface area contributed by atoms with Crippen molar-refractivity contribution in [3.63, 3.8) is 0 Å². The summed E-state index contributed by atoms with van der Waals surface area (Å²) in [6.45, 7) is 5.47. The van der Waals surface area contributed by atoms with Crippen LogP contribution in [0.2, 0.25) is 0 Å². The number of fused-ring (bicyclic) bond motifs is 1. The van der Waals surface area contributed by atoms with Gasteiger partial charge in [0.15, 0.2) is 0 Å². The predicted octanol–water partition coefficient (Wildman–Crippen LogP) is 2.06. The van der Waals surface area contributed by atoms with Gasteiger partial charge in [-0.3, -0.25) is 15.1 Å². The molecule has 7 nitrogen and oxygen atoms in total. The van der Waals surface area contributed by atoms with Crippen molar-refractivity contribution in [2.45, 2.75) is 63.0 Å². The average Bonchev–Trinajstić information content (AvgIpc) is 3.23. The normalized spacial score (nSPS) is 28.6. The second-order valence-corrected chi connectivity index (χ2v) is 9.81. The third-order valence-electron chi connectivity index (χ3n) is 6.85. The fraction of sp³-hybridized carbons (Fsp3) is 0.520. The maximum absolute atomic E-state index is 10.4. The molecular formula is C25H33N3O4S. The number of piperidine rings is 1. The highest BCUT2D eigenvalue weighted by atomic mass is 32.1. The van der Waals surface area contributed by atoms with E-state index >= 15 is 0 Å². The number of nitrogens with one attached hydrogen (secondary N) is 1. The van der Waals surface area contributed by atoms with Crippen molar-refractivity contribution in [3.05, 3.63) is 64.7 Å². The predicted molar refractivity (Wildman–Crippen MR) is 129 cm³/mol. The lowest BCUT2D eigenvalue weighted by molar-refractivity contribution is -0.0562. The zero-order valence-corrected chi connectivity index (χ0v) is 19.7. The SMILES string of the molecule is OC1CCC(N2Cc3cccc(OCc4ccc(CN5CCOC(S)C5)cc4)c3C2)C(O)N1. The molecule has 178 valence electrons. The molecule has 3 aliphatic heterocycles. The van der Waals surface area contributed by atoms with E-state index in [9.17, 15) is 10.2 Å². The minimum atomic E-state index is -0.720. The van der Waals surface area contributed by atoms with Crippen LogP contribution in [0.1, 0.15) is 35.1 Å². The van der Waals surface area contributed by atoms with Gasteiger partial charge in [-0.25, -0.2) is 0 Å². The summed E-state index contributed by atoms with van der Waals surface area (Å²) in [6.07, 6.45) is 0.0713. The molecule has 0 bridgehead atoms. The Morgan fingerprint density at radius 3 is 2.67 bits per heavy atom. The van der Waals surface area contributed by atoms with Crippen LogP contribution in [-0.4, -0.2) is 63.6 Å². The molecule has 2 fully saturated rings. The van der Waals surface area contributed by atoms with Gasteiger partial charge in [0.05, 0.1) is 6.61 Å². The first kappa shape index (κ1) is 23.1. The van der Waals surface area contributed by atoms with Crippen LogP contribution in [0, 0.1) is 0 Å². The average molecular weight is 472 g/mol. The first-order chi connectivity index (χ1) is 16.0. The minimum Gasteiger partial charge on any atom is -0.489 e. The molecule has 0 spiro atoms. The van der Waals surface area contributed by atoms with E-state index < -0.39 is 12.5 Å². The van der Waals surface area contributed by atoms with Crippen molar-refractivity contribution in [1.29, 1.82) is 0 Å². The minimum absolute atomic E-state index is 0.000757. The number of morpholine rings is 1. The Hall–Kier alpha value is -1.65. The van der Waals surface area contributed by atoms with Crippen molar-refractivity contribution in [2.24, 2.45) is 0 Å². The lowest BCUT2D eigenvalue weighted by Crippen LogP contribution is -2.55. The number of benzene rings is 2. The summed E-state index contributed by atoms with van der Waals surface area (Å²) in [6, 6.07) is 14.8. The molecule has 3 N–H and O–H groups in total. The molecular weight excluding hydrogens is 438 g/mol. The first-order valence-corrected chi connectivity index (χ1v) is 12.3. The monoisotopic (exact) mass is 471 g/mol. The van der Waals surface area contributed by atoms with Crippen LogP contribution < -0.4 is 10.1 Å². The molecule has 4 atom stereocenters. The summed E-state index contributed by atoms with van der Waals surface area (Å²) in [5, 5.41) is 23.0. The molecule has 33 heavy (non-hydrogen) atoms. The van der Waals surface area contributed by atoms with E-state index in [0.717, 1.165) is 57.1 Å². The summed E-state index contributed by atoms with van der Waals surface area (Å²) < 4.78 is 11.7. The van der Waals surface area contributed by atoms with Crippen molar-refractivity contribution in [1.82, 2.24) is 15.1 Å². The van der Waals surface area contributed by atoms with Crippen molar-refractivity contribution >= 4 is 12.6 Å². The number of rotatable bonds is 6. The fourth-order valence-electron chi connectivity index (χ4n) is 5.03. The summed E-state index contributed by atoms with van der Waals surface area (Å²) >= 11 is 4.43. The lowest BCUT2D eigenvalue weighted by Gasteiger charge is -2.37. The quantitative estimate of drug-likeness (QED) is 0.481. The summed E-state index contributed by atoms with van der Waals surface area (Å²) in [4.78, 5) is 4.64. The number of hydrogen-bond acceptors (Lipinski definition) is 8. The largest absolute Gasteiger partial charge is 0.489 e. The molecule has 0 amide bonds. The van der Waals surface area contributed by atoms with Crippen LogP contribution in [0.4, 0.5) is 0 Å². The van der Waals surface area contributed by atoms with E-state index in [1.165, 1.54) is 16.7 Å². The van der Waals surface area contributed by atoms with Crippen LogP contribution in [0.5, 0.6) is 5.75 Å². The van der Waals surface area contributed by atoms with Gasteiger partial charge in [-0.15, -0.1) is 12.6 Å². The van der Waals surface area contributed by atoms with Gasteiger partial charge in [-0.1, -0.05) is 36.4 Å². The Labute approximate surface area is 200 Å². The molecule has 3 aliphatic rings. The fourth-order valence-corrected chi connectivity index (χ4v) is 5.37. The smallest absolute Gasteiger partial charge is 0.124 e. The van der Waals surface area contributed by atoms with Gasteiger partial charge in [0.25, 0.3) is 0 Å². The highest BCUT2D eigenvalue weighted by Crippen LogP contribution is 2.34. The molecule has 3 heterocycles. The third-order valence-corrected chi connectivity index (χ3v) is 7.17. The summed E-state index contributed by atoms with van der Waals surface area (Å²) in [5.74, 6) is 0.908. The summed E-state index contributed by atoms with van der Waals surface area (Å²) in [7, 11) is 0. The zero-order chi connectivity index (χ0) is 22.8. The Kier molecular flexibility index (Phi) is 7.22. The number of aliphatic hydroxyl groups is 2. The first-order valence-electron chi connectivity index (χ1n) is 11.7. The Bertz CT molecular complexity index is 944. The van der Waals surface area contributed by atoms with Crippen molar-refractivity contribution < 1.29 is 19.7 Å². The van der Waals surface area contributed by atoms with Gasteiger partial charge < -0.3 is 19.7 Å². The topological polar surface area (TPSA) is 77.4 Å². The second kappa shape index (κ2) is 10.3. The number of hydrogen-bond donors (Lipinski definition) is 4. The molecule has 0 saturated carbocycles. The Balaban J connectivity index is 1.18. The van der Waals surface area contributed by atoms with Gasteiger partial charge in [0, 0.05) is 44.3 Å². The van der Waals surface area contributed by atoms with Crippen LogP contribution in [0.3, 0.4) is 0 Å². The number of ether oxygens (including phenoxy) is 2. The molecule has 2 aromatic carbocycles. The van der Waals surface area contributed by atoms with Crippen LogP contribution in [-0.2, 0) is 31.0 Å². The molecule has 4 unspecified atom stereocenters. The van der Waals surface area contributed by atoms with E-state index in [2.05, 4.69) is 58.1 Å². The lowest BCUT2D eigenvalue weighted by atomic mass is 10.0. The van der Waals surface area contributed by atoms with Crippen molar-refractivity contribution in [2.75, 3.05) is 19.7 Å². The van der Waals surface area contributed by atoms with Crippen LogP contribution >= 0.6 is 12.6 Å². The van der Waals surface area contributed by atoms with E-state index in [1.54, 1.807) is 0 Å². The second-order valence-electron chi connectivity index (χ2n) is 9.24. The van der Waals surface area contributed by atoms with Gasteiger partial charge in [0.2, 0.25) is 0 Å². The van der Waals surface area contributed by atoms with E-state index in [1.807, 2.05) is 12.1 Å². The standard InChI is InChI=1S/C25H33N3O4S/c29-23-9-8-21(25(30)26-23)28-13-19-2-1-3-22(20(19)14-28)32-16-18-6-4-17(5-7-18)12-27-10-11-31-24(33)15-27/h1-7,21,23-26,29-30,33H,8-16H2. The van der Waals surface area contributed by atoms with Gasteiger partial charge in [-0.05, 0) is 35.6 Å². The van der Waals surface area contributed by atoms with Gasteiger partial charge in [0.1, 0.15) is 30.2 Å². The number of nitrogens with zero attached hydrogens (tertiary/aromatic N) is 2. The van der Waals surface area contributed by atoms with E-state index in [4.69, 9.17) is 9.47 Å². The highest BCUT2D eigenvalue weighted by molar-refractivity contribution is 7.80. The van der Waals surface area contributed by atoms with Crippen LogP contribution in [0.15, 0.2) is 42.5 Å². The maximum Gasteiger partial charge on any atom is 0.124 e. The van der Waals surface area contributed by atoms with Crippen LogP contribution in [0.25, 0.3) is 0 Å². The highest BCUT2D eigenvalue weighted by Gasteiger charge is 2.35. The van der Waals surface area contributed by atoms with E-state index in [0.29, 0.717) is 13.0 Å². The van der Waals surface area contributed by atoms with Gasteiger partial charge >= 0.3 is 0 Å². The third kappa shape index (κ3) is 5.54. The molecule has 2 saturated heterocycles. The molecule has 2 aromatic rings. The van der Waals surface area contributed by atoms with E-state index in [-0.39, 0.29) is 11.5 Å². The molecule has 0 aromatic heterocycles. The summed E-state index contributed by atoms with van der Waals surface area (Å²) in [5.41, 5.74) is 4.86. The Morgan fingerprint density at radius 1 is 1.06 bits per heavy atom. The Morgan fingerprint density at radius 2 is 1.88 bits per heavy atom. The number of aliphatic hydroxyl groups excluding tert-OH is 2. The molecule has 0 radical (unpaired) electrons. The molecule has 5 rings (SSSR count). The molecule has 0 aliphatic carbocycles. The number of thiol groups is 1. The van der Waals surface area contributed by atoms with Crippen molar-refractivity contribution in [3.8, 4) is 5.75 Å². The maximum atomic E-state index is 10.4. The molecule has 8 heteroatoms. The zero-order valence-electron chi connectivity index (χ0n) is 18.8. The van der Waals surface area contributed by atoms with Gasteiger partial charge in [-0.2, -0.15) is 0 Å².